The van der Waals surface area contributed by atoms with Gasteiger partial charge in [-0.1, -0.05) is 400 Å². The second-order valence-electron chi connectivity index (χ2n) is 37.7. The van der Waals surface area contributed by atoms with E-state index in [0.29, 0.717) is 0 Å². The monoisotopic (exact) mass is 1830 g/mol. The first-order chi connectivity index (χ1) is 71.5. The Balaban J connectivity index is 0.000000105. The predicted molar refractivity (Wildman–Crippen MR) is 610 cm³/mol. The molecule has 6 aromatic heterocycles. The zero-order valence-corrected chi connectivity index (χ0v) is 78.6. The molecular weight excluding hydrogens is 1740 g/mol. The molecule has 0 saturated carbocycles. The van der Waals surface area contributed by atoms with Gasteiger partial charge in [-0.3, -0.25) is 0 Å². The predicted octanol–water partition coefficient (Wildman–Crippen LogP) is 37.1. The van der Waals surface area contributed by atoms with Gasteiger partial charge >= 0.3 is 0 Å². The minimum atomic E-state index is 1.15. The number of para-hydroxylation sites is 6. The molecule has 0 atom stereocenters. The van der Waals surface area contributed by atoms with Crippen LogP contribution in [0.2, 0.25) is 0 Å². The quantitative estimate of drug-likeness (QED) is 0.117. The number of benzene rings is 24. The highest BCUT2D eigenvalue weighted by Gasteiger charge is 2.27. The van der Waals surface area contributed by atoms with Crippen molar-refractivity contribution in [1.29, 1.82) is 0 Å². The minimum absolute atomic E-state index is 1.15. The summed E-state index contributed by atoms with van der Waals surface area (Å²) in [6, 6.07) is 198. The van der Waals surface area contributed by atoms with Crippen molar-refractivity contribution in [3.63, 3.8) is 0 Å². The lowest BCUT2D eigenvalue weighted by atomic mass is 9.94. The van der Waals surface area contributed by atoms with Crippen LogP contribution in [0.25, 0.3) is 264 Å². The summed E-state index contributed by atoms with van der Waals surface area (Å²) in [7, 11) is 0. The smallest absolute Gasteiger partial charge is 0.0562 e. The van der Waals surface area contributed by atoms with Crippen LogP contribution in [0.5, 0.6) is 0 Å². The Kier molecular flexibility index (Phi) is 19.9. The van der Waals surface area contributed by atoms with E-state index in [1.165, 1.54) is 236 Å². The number of hydrogen-bond donors (Lipinski definition) is 0. The molecule has 0 saturated heterocycles. The SMILES string of the molecule is c1ccc(-c2ccc(-n3c4ccccc4c4cc5c6c7ccccc7ccc6n(-c6ccccc6)c5cc43)c(-c3ccccc3)c2)cc1.c1ccc(-c2ccccc2-c2ccc(-n3c4ccccc4c4cc5c6c7ccccc7ccc6n(-c6ccccc6)c5cc43)cc2)cc1.c1ccc(-c2ccccc2-c2cccc(-n3c4ccccc4c4cc5c6c7ccccc7ccc6n(-c6ccccc6)c5cc43)c2)cc1. The first-order valence-electron chi connectivity index (χ1n) is 49.6. The van der Waals surface area contributed by atoms with Crippen molar-refractivity contribution in [1.82, 2.24) is 27.4 Å². The van der Waals surface area contributed by atoms with Gasteiger partial charge in [0.1, 0.15) is 0 Å². The molecule has 0 aliphatic heterocycles. The first-order valence-corrected chi connectivity index (χ1v) is 49.6. The summed E-state index contributed by atoms with van der Waals surface area (Å²) in [5.74, 6) is 0. The number of rotatable bonds is 12. The molecule has 0 amide bonds. The molecule has 0 aliphatic rings. The molecule has 30 aromatic rings. The zero-order chi connectivity index (χ0) is 94.8. The van der Waals surface area contributed by atoms with Crippen molar-refractivity contribution < 1.29 is 0 Å². The summed E-state index contributed by atoms with van der Waals surface area (Å²) in [4.78, 5) is 0. The Morgan fingerprint density at radius 3 is 0.764 bits per heavy atom. The van der Waals surface area contributed by atoms with Gasteiger partial charge in [0, 0.05) is 98.6 Å². The highest BCUT2D eigenvalue weighted by Crippen LogP contribution is 2.50. The molecule has 6 heterocycles. The molecule has 672 valence electrons. The standard InChI is InChI=1S/3C46H30N2/c1-4-14-31(15-5-1)34-25-26-42(38(28-34)32-16-6-2-7-17-32)48-41-23-13-12-22-37(41)39-29-40-45(30-44(39)48)47(35-19-8-3-9-20-35)43-27-24-33-18-10-11-21-36(33)46(40)43;1-3-14-31(15-4-1)36-21-9-10-22-37(36)33-17-13-20-35(28-33)48-42-25-12-11-24-39(42)40-29-41-45(30-44(40)48)47(34-18-5-2-6-19-34)43-27-26-32-16-7-8-23-38(32)46(41)43;1-3-13-31(14-4-1)36-18-9-10-19-37(36)33-23-26-35(27-24-33)47-42-22-12-11-21-39(42)40-29-41-45(30-44(40)47)48(34-16-5-2-6-17-34)43-28-25-32-15-7-8-20-38(32)46(41)43/h3*1-30H. The summed E-state index contributed by atoms with van der Waals surface area (Å²) < 4.78 is 14.7. The summed E-state index contributed by atoms with van der Waals surface area (Å²) in [5.41, 5.74) is 36.0. The second-order valence-corrected chi connectivity index (χ2v) is 37.7. The molecule has 0 radical (unpaired) electrons. The van der Waals surface area contributed by atoms with Crippen LogP contribution in [0.1, 0.15) is 0 Å². The number of fused-ring (bicyclic) bond motifs is 24. The first kappa shape index (κ1) is 83.1. The van der Waals surface area contributed by atoms with E-state index in [-0.39, 0.29) is 0 Å². The lowest BCUT2D eigenvalue weighted by Crippen LogP contribution is -1.98. The lowest BCUT2D eigenvalue weighted by molar-refractivity contribution is 1.16. The molecule has 0 spiro atoms. The highest BCUT2D eigenvalue weighted by molar-refractivity contribution is 6.29. The zero-order valence-electron chi connectivity index (χ0n) is 78.6. The van der Waals surface area contributed by atoms with Gasteiger partial charge in [-0.25, -0.2) is 0 Å². The fourth-order valence-electron chi connectivity index (χ4n) is 23.3. The van der Waals surface area contributed by atoms with E-state index in [1.54, 1.807) is 0 Å². The van der Waals surface area contributed by atoms with Gasteiger partial charge in [-0.15, -0.1) is 0 Å². The van der Waals surface area contributed by atoms with Crippen molar-refractivity contribution >= 4 is 163 Å². The maximum absolute atomic E-state index is 2.48. The minimum Gasteiger partial charge on any atom is -0.309 e. The summed E-state index contributed by atoms with van der Waals surface area (Å²) >= 11 is 0. The van der Waals surface area contributed by atoms with Gasteiger partial charge in [0.2, 0.25) is 0 Å². The largest absolute Gasteiger partial charge is 0.309 e. The van der Waals surface area contributed by atoms with E-state index >= 15 is 0 Å². The molecule has 0 aliphatic carbocycles. The summed E-state index contributed by atoms with van der Waals surface area (Å²) in [6.45, 7) is 0. The Labute approximate surface area is 831 Å². The normalized spacial score (nSPS) is 11.8. The molecule has 0 unspecified atom stereocenters. The van der Waals surface area contributed by atoms with E-state index in [0.717, 1.165) is 28.4 Å². The van der Waals surface area contributed by atoms with Gasteiger partial charge < -0.3 is 27.4 Å². The molecule has 24 aromatic carbocycles. The Morgan fingerprint density at radius 2 is 0.368 bits per heavy atom. The highest BCUT2D eigenvalue weighted by atomic mass is 15.0. The van der Waals surface area contributed by atoms with Crippen LogP contribution < -0.4 is 0 Å². The van der Waals surface area contributed by atoms with E-state index in [1.807, 2.05) is 0 Å². The molecule has 0 N–H and O–H groups in total. The maximum atomic E-state index is 2.48. The van der Waals surface area contributed by atoms with Crippen LogP contribution >= 0.6 is 0 Å². The fourth-order valence-corrected chi connectivity index (χ4v) is 23.3. The average molecular weight is 1830 g/mol. The molecule has 144 heavy (non-hydrogen) atoms. The second kappa shape index (κ2) is 34.5. The van der Waals surface area contributed by atoms with E-state index in [4.69, 9.17) is 0 Å². The van der Waals surface area contributed by atoms with Gasteiger partial charge in [-0.2, -0.15) is 0 Å². The van der Waals surface area contributed by atoms with Crippen molar-refractivity contribution in [2.24, 2.45) is 0 Å². The molecule has 30 rings (SSSR count). The van der Waals surface area contributed by atoms with Gasteiger partial charge in [0.15, 0.2) is 0 Å². The fraction of sp³-hybridized carbons (Fsp3) is 0. The number of hydrogen-bond acceptors (Lipinski definition) is 0. The van der Waals surface area contributed by atoms with Crippen LogP contribution in [0.3, 0.4) is 0 Å². The Bertz CT molecular complexity index is 10300. The third-order valence-corrected chi connectivity index (χ3v) is 29.7. The topological polar surface area (TPSA) is 29.6 Å². The summed E-state index contributed by atoms with van der Waals surface area (Å²) in [5, 5.41) is 22.8. The van der Waals surface area contributed by atoms with Crippen molar-refractivity contribution in [2.45, 2.75) is 0 Å². The molecule has 6 heteroatoms. The van der Waals surface area contributed by atoms with E-state index in [2.05, 4.69) is 573 Å². The Morgan fingerprint density at radius 1 is 0.104 bits per heavy atom. The van der Waals surface area contributed by atoms with Crippen LogP contribution in [-0.2, 0) is 0 Å². The molecule has 0 fully saturated rings. The molecule has 6 nitrogen and oxygen atoms in total. The third-order valence-electron chi connectivity index (χ3n) is 29.7. The van der Waals surface area contributed by atoms with Crippen molar-refractivity contribution in [3.05, 3.63) is 546 Å². The number of nitrogens with zero attached hydrogens (tertiary/aromatic N) is 6. The van der Waals surface area contributed by atoms with Gasteiger partial charge in [-0.05, 0) is 239 Å². The van der Waals surface area contributed by atoms with Gasteiger partial charge in [0.05, 0.1) is 71.9 Å². The number of aromatic nitrogens is 6. The van der Waals surface area contributed by atoms with Crippen LogP contribution in [0, 0.1) is 0 Å². The van der Waals surface area contributed by atoms with Crippen molar-refractivity contribution in [3.8, 4) is 101 Å². The average Bonchev–Trinajstić information content (AvgIpc) is 1.55. The van der Waals surface area contributed by atoms with E-state index in [9.17, 15) is 0 Å². The van der Waals surface area contributed by atoms with Crippen molar-refractivity contribution in [2.75, 3.05) is 0 Å². The van der Waals surface area contributed by atoms with Gasteiger partial charge in [0.25, 0.3) is 0 Å². The summed E-state index contributed by atoms with van der Waals surface area (Å²) in [6.07, 6.45) is 0. The maximum Gasteiger partial charge on any atom is 0.0562 e. The lowest BCUT2D eigenvalue weighted by Gasteiger charge is -2.16. The Hall–Kier alpha value is -19.1. The molecule has 0 bridgehead atoms. The van der Waals surface area contributed by atoms with Crippen LogP contribution in [0.15, 0.2) is 546 Å². The van der Waals surface area contributed by atoms with Crippen LogP contribution in [0.4, 0.5) is 0 Å². The third kappa shape index (κ3) is 13.7. The van der Waals surface area contributed by atoms with E-state index < -0.39 is 0 Å². The van der Waals surface area contributed by atoms with Crippen LogP contribution in [-0.4, -0.2) is 27.4 Å². The molecular formula is C138H90N6.